The average Bonchev–Trinajstić information content (AvgIpc) is 3.40. The molecule has 3 aromatic rings. The number of carbonyl (C=O) groups excluding carboxylic acids is 1. The Morgan fingerprint density at radius 3 is 2.54 bits per heavy atom. The van der Waals surface area contributed by atoms with E-state index < -0.39 is 11.7 Å². The Labute approximate surface area is 229 Å². The summed E-state index contributed by atoms with van der Waals surface area (Å²) in [6.45, 7) is 9.60. The third-order valence-corrected chi connectivity index (χ3v) is 8.42. The number of piperazine rings is 1. The Morgan fingerprint density at radius 1 is 1.10 bits per heavy atom. The van der Waals surface area contributed by atoms with E-state index in [1.807, 2.05) is 16.8 Å². The van der Waals surface area contributed by atoms with E-state index in [-0.39, 0.29) is 13.2 Å². The number of amides is 1. The smallest absolute Gasteiger partial charge is 0.411 e. The molecule has 1 aromatic carbocycles. The molecule has 39 heavy (non-hydrogen) atoms. The van der Waals surface area contributed by atoms with Gasteiger partial charge in [-0.3, -0.25) is 0 Å². The fourth-order valence-electron chi connectivity index (χ4n) is 5.92. The van der Waals surface area contributed by atoms with Gasteiger partial charge in [-0.25, -0.2) is 9.31 Å². The minimum absolute atomic E-state index is 0.140. The quantitative estimate of drug-likeness (QED) is 0.492. The number of hydrogen-bond acceptors (Lipinski definition) is 7. The van der Waals surface area contributed by atoms with Crippen LogP contribution in [0.3, 0.4) is 0 Å². The highest BCUT2D eigenvalue weighted by molar-refractivity contribution is 5.80. The summed E-state index contributed by atoms with van der Waals surface area (Å²) in [5.74, 6) is 0.597. The van der Waals surface area contributed by atoms with Crippen LogP contribution in [0.4, 0.5) is 10.5 Å². The van der Waals surface area contributed by atoms with Crippen molar-refractivity contribution in [1.82, 2.24) is 19.4 Å². The highest BCUT2D eigenvalue weighted by atomic mass is 16.6. The lowest BCUT2D eigenvalue weighted by Crippen LogP contribution is -2.56. The van der Waals surface area contributed by atoms with E-state index in [1.54, 1.807) is 4.90 Å². The summed E-state index contributed by atoms with van der Waals surface area (Å²) < 4.78 is 12.5. The molecule has 3 saturated heterocycles. The molecular weight excluding hydrogens is 492 g/mol. The van der Waals surface area contributed by atoms with Crippen LogP contribution in [0, 0.1) is 11.3 Å². The Kier molecular flexibility index (Phi) is 6.92. The number of rotatable bonds is 5. The van der Waals surface area contributed by atoms with Gasteiger partial charge in [0.05, 0.1) is 11.2 Å². The number of aromatic nitrogens is 2. The average molecular weight is 529 g/mol. The fraction of sp³-hybridized carbons (Fsp3) is 0.500. The zero-order chi connectivity index (χ0) is 27.0. The number of nitriles is 1. The molecule has 0 bridgehead atoms. The van der Waals surface area contributed by atoms with E-state index in [1.165, 1.54) is 30.5 Å². The first kappa shape index (κ1) is 25.7. The summed E-state index contributed by atoms with van der Waals surface area (Å²) in [6.07, 6.45) is 5.98. The van der Waals surface area contributed by atoms with E-state index in [0.717, 1.165) is 23.3 Å². The predicted octanol–water partition coefficient (Wildman–Crippen LogP) is 4.14. The number of hydrogen-bond donors (Lipinski definition) is 0. The second-order valence-electron chi connectivity index (χ2n) is 11.3. The van der Waals surface area contributed by atoms with Crippen molar-refractivity contribution < 1.29 is 14.3 Å². The number of benzene rings is 1. The maximum absolute atomic E-state index is 12.6. The third-order valence-electron chi connectivity index (χ3n) is 8.42. The van der Waals surface area contributed by atoms with Crippen LogP contribution in [0.1, 0.15) is 38.2 Å². The zero-order valence-electron chi connectivity index (χ0n) is 22.8. The molecule has 204 valence electrons. The number of anilines is 1. The Morgan fingerprint density at radius 2 is 1.87 bits per heavy atom. The van der Waals surface area contributed by atoms with Crippen LogP contribution in [0.5, 0.6) is 0 Å². The van der Waals surface area contributed by atoms with Crippen LogP contribution in [0.15, 0.2) is 48.8 Å². The van der Waals surface area contributed by atoms with Crippen LogP contribution in [-0.2, 0) is 9.47 Å². The molecule has 0 unspecified atom stereocenters. The van der Waals surface area contributed by atoms with Gasteiger partial charge in [0.1, 0.15) is 19.3 Å². The van der Waals surface area contributed by atoms with E-state index in [9.17, 15) is 10.1 Å². The van der Waals surface area contributed by atoms with Crippen molar-refractivity contribution >= 4 is 17.3 Å². The molecule has 1 amide bonds. The number of carbonyl (C=O) groups is 1. The van der Waals surface area contributed by atoms with Crippen molar-refractivity contribution in [3.05, 3.63) is 54.4 Å². The normalized spacial score (nSPS) is 21.5. The monoisotopic (exact) mass is 528 g/mol. The summed E-state index contributed by atoms with van der Waals surface area (Å²) in [6, 6.07) is 16.0. The van der Waals surface area contributed by atoms with Crippen molar-refractivity contribution in [3.63, 3.8) is 0 Å². The van der Waals surface area contributed by atoms with Crippen molar-refractivity contribution in [2.45, 2.75) is 44.2 Å². The SMILES string of the molecule is CC(C)N1CCC[C@@H](c2ccc(-c3cc4c(N5CCN(C(=O)OC6(C#N)COC6)CC5)ccnn4c3)cc2)C1. The third kappa shape index (κ3) is 5.07. The summed E-state index contributed by atoms with van der Waals surface area (Å²) in [4.78, 5) is 19.2. The molecule has 1 atom stereocenters. The molecule has 3 aliphatic rings. The Balaban J connectivity index is 1.14. The molecule has 3 aliphatic heterocycles. The maximum Gasteiger partial charge on any atom is 0.411 e. The number of fused-ring (bicyclic) bond motifs is 1. The number of piperidine rings is 1. The molecule has 3 fully saturated rings. The van der Waals surface area contributed by atoms with Crippen LogP contribution in [0.2, 0.25) is 0 Å². The second kappa shape index (κ2) is 10.5. The molecule has 0 N–H and O–H groups in total. The molecule has 2 aromatic heterocycles. The van der Waals surface area contributed by atoms with Gasteiger partial charge in [0.15, 0.2) is 0 Å². The lowest BCUT2D eigenvalue weighted by Gasteiger charge is -2.39. The highest BCUT2D eigenvalue weighted by Gasteiger charge is 2.44. The van der Waals surface area contributed by atoms with Gasteiger partial charge in [0.2, 0.25) is 5.60 Å². The highest BCUT2D eigenvalue weighted by Crippen LogP contribution is 2.32. The van der Waals surface area contributed by atoms with Crippen LogP contribution >= 0.6 is 0 Å². The van der Waals surface area contributed by atoms with Gasteiger partial charge in [0, 0.05) is 56.7 Å². The standard InChI is InChI=1S/C30H36N6O3/c1-22(2)35-11-3-4-25(17-35)23-5-7-24(8-6-23)26-16-28-27(9-10-32-36(28)18-26)33-12-14-34(15-13-33)29(37)39-30(19-31)20-38-21-30/h5-10,16,18,22,25H,3-4,11-15,17,20-21H2,1-2H3/t25-/m1/s1. The van der Waals surface area contributed by atoms with E-state index >= 15 is 0 Å². The topological polar surface area (TPSA) is 86.3 Å². The molecule has 0 radical (unpaired) electrons. The molecule has 9 heteroatoms. The first-order valence-corrected chi connectivity index (χ1v) is 14.0. The van der Waals surface area contributed by atoms with Gasteiger partial charge in [0.25, 0.3) is 0 Å². The number of likely N-dealkylation sites (tertiary alicyclic amines) is 1. The summed E-state index contributed by atoms with van der Waals surface area (Å²) >= 11 is 0. The van der Waals surface area contributed by atoms with Crippen molar-refractivity contribution in [2.75, 3.05) is 57.4 Å². The summed E-state index contributed by atoms with van der Waals surface area (Å²) in [5, 5.41) is 13.9. The first-order chi connectivity index (χ1) is 18.9. The van der Waals surface area contributed by atoms with Crippen molar-refractivity contribution in [2.24, 2.45) is 0 Å². The van der Waals surface area contributed by atoms with Crippen molar-refractivity contribution in [1.29, 1.82) is 5.26 Å². The lowest BCUT2D eigenvalue weighted by atomic mass is 9.89. The second-order valence-corrected chi connectivity index (χ2v) is 11.3. The number of ether oxygens (including phenoxy) is 2. The summed E-state index contributed by atoms with van der Waals surface area (Å²) in [5.41, 5.74) is 4.76. The predicted molar refractivity (Wildman–Crippen MR) is 149 cm³/mol. The van der Waals surface area contributed by atoms with Crippen LogP contribution < -0.4 is 4.90 Å². The lowest BCUT2D eigenvalue weighted by molar-refractivity contribution is -0.149. The zero-order valence-corrected chi connectivity index (χ0v) is 22.8. The van der Waals surface area contributed by atoms with E-state index in [2.05, 4.69) is 71.3 Å². The van der Waals surface area contributed by atoms with Gasteiger partial charge >= 0.3 is 6.09 Å². The molecule has 9 nitrogen and oxygen atoms in total. The van der Waals surface area contributed by atoms with Crippen LogP contribution in [0.25, 0.3) is 16.6 Å². The van der Waals surface area contributed by atoms with E-state index in [0.29, 0.717) is 38.1 Å². The van der Waals surface area contributed by atoms with Gasteiger partial charge in [-0.1, -0.05) is 24.3 Å². The number of nitrogens with zero attached hydrogens (tertiary/aromatic N) is 6. The van der Waals surface area contributed by atoms with E-state index in [4.69, 9.17) is 9.47 Å². The summed E-state index contributed by atoms with van der Waals surface area (Å²) in [7, 11) is 0. The maximum atomic E-state index is 12.6. The van der Waals surface area contributed by atoms with Gasteiger partial charge in [-0.15, -0.1) is 0 Å². The van der Waals surface area contributed by atoms with Gasteiger partial charge in [-0.05, 0) is 62.4 Å². The largest absolute Gasteiger partial charge is 0.422 e. The minimum atomic E-state index is -1.13. The first-order valence-electron chi connectivity index (χ1n) is 14.0. The molecule has 0 aliphatic carbocycles. The molecule has 0 saturated carbocycles. The molecule has 0 spiro atoms. The van der Waals surface area contributed by atoms with Gasteiger partial charge < -0.3 is 24.2 Å². The molecular formula is C30H36N6O3. The minimum Gasteiger partial charge on any atom is -0.422 e. The van der Waals surface area contributed by atoms with Crippen LogP contribution in [-0.4, -0.2) is 89.6 Å². The van der Waals surface area contributed by atoms with Crippen molar-refractivity contribution in [3.8, 4) is 17.2 Å². The molecule has 6 rings (SSSR count). The van der Waals surface area contributed by atoms with Gasteiger partial charge in [-0.2, -0.15) is 10.4 Å². The Bertz CT molecular complexity index is 1370. The Hall–Kier alpha value is -3.61. The molecule has 5 heterocycles. The fourth-order valence-corrected chi connectivity index (χ4v) is 5.92.